The van der Waals surface area contributed by atoms with Crippen LogP contribution in [0.1, 0.15) is 47.1 Å². The topological polar surface area (TPSA) is 103 Å². The Kier molecular flexibility index (Phi) is 8.35. The number of thioether (sulfide) groups is 1. The predicted octanol–water partition coefficient (Wildman–Crippen LogP) is 3.77. The van der Waals surface area contributed by atoms with Crippen LogP contribution in [0.5, 0.6) is 0 Å². The highest BCUT2D eigenvalue weighted by atomic mass is 32.2. The molecular weight excluding hydrogens is 378 g/mol. The summed E-state index contributed by atoms with van der Waals surface area (Å²) in [6.07, 6.45) is 1.44. The highest BCUT2D eigenvalue weighted by Crippen LogP contribution is 2.17. The van der Waals surface area contributed by atoms with Crippen LogP contribution < -0.4 is 11.1 Å². The molecule has 0 saturated heterocycles. The molecular formula is C20H31N3O4S. The Hall–Kier alpha value is -2.22. The van der Waals surface area contributed by atoms with Crippen LogP contribution in [0.3, 0.4) is 0 Å². The third kappa shape index (κ3) is 9.64. The molecule has 0 heterocycles. The van der Waals surface area contributed by atoms with Gasteiger partial charge in [-0.05, 0) is 65.5 Å². The molecule has 3 N–H and O–H groups in total. The van der Waals surface area contributed by atoms with E-state index in [-0.39, 0.29) is 6.42 Å². The van der Waals surface area contributed by atoms with Crippen LogP contribution in [0.2, 0.25) is 0 Å². The fourth-order valence-electron chi connectivity index (χ4n) is 2.13. The third-order valence-electron chi connectivity index (χ3n) is 3.21. The zero-order valence-corrected chi connectivity index (χ0v) is 18.5. The highest BCUT2D eigenvalue weighted by molar-refractivity contribution is 8.13. The van der Waals surface area contributed by atoms with Gasteiger partial charge in [0.2, 0.25) is 0 Å². The first-order valence-corrected chi connectivity index (χ1v) is 10.2. The number of esters is 1. The molecule has 1 rings (SSSR count). The van der Waals surface area contributed by atoms with E-state index in [4.69, 9.17) is 15.2 Å². The van der Waals surface area contributed by atoms with E-state index in [2.05, 4.69) is 10.3 Å². The summed E-state index contributed by atoms with van der Waals surface area (Å²) in [5.74, 6) is -0.521. The summed E-state index contributed by atoms with van der Waals surface area (Å²) in [6, 6.07) is 6.40. The Balaban J connectivity index is 2.95. The van der Waals surface area contributed by atoms with Crippen molar-refractivity contribution in [3.05, 3.63) is 29.8 Å². The maximum Gasteiger partial charge on any atom is 0.408 e. The number of alkyl carbamates (subject to hydrolysis) is 1. The molecule has 0 fully saturated rings. The minimum absolute atomic E-state index is 0.260. The zero-order chi connectivity index (χ0) is 21.5. The molecule has 1 aromatic rings. The Labute approximate surface area is 171 Å². The van der Waals surface area contributed by atoms with E-state index in [1.165, 1.54) is 11.8 Å². The van der Waals surface area contributed by atoms with Crippen molar-refractivity contribution in [3.8, 4) is 0 Å². The number of ether oxygens (including phenoxy) is 2. The second-order valence-corrected chi connectivity index (χ2v) is 9.08. The van der Waals surface area contributed by atoms with Crippen LogP contribution in [0, 0.1) is 0 Å². The molecule has 1 atom stereocenters. The van der Waals surface area contributed by atoms with E-state index >= 15 is 0 Å². The molecule has 0 aromatic heterocycles. The largest absolute Gasteiger partial charge is 0.458 e. The summed E-state index contributed by atoms with van der Waals surface area (Å²) in [4.78, 5) is 29.0. The van der Waals surface area contributed by atoms with E-state index in [9.17, 15) is 9.59 Å². The summed E-state index contributed by atoms with van der Waals surface area (Å²) in [5.41, 5.74) is 5.94. The third-order valence-corrected chi connectivity index (χ3v) is 3.72. The molecule has 0 aliphatic heterocycles. The number of nitrogens with zero attached hydrogens (tertiary/aromatic N) is 1. The van der Waals surface area contributed by atoms with E-state index in [0.717, 1.165) is 5.56 Å². The number of carbonyl (C=O) groups excluding carboxylic acids is 2. The first-order chi connectivity index (χ1) is 12.8. The van der Waals surface area contributed by atoms with Gasteiger partial charge >= 0.3 is 12.1 Å². The summed E-state index contributed by atoms with van der Waals surface area (Å²) in [6.45, 7) is 10.6. The number of aliphatic imine (C=N–C) groups is 1. The second-order valence-electron chi connectivity index (χ2n) is 8.26. The van der Waals surface area contributed by atoms with E-state index in [0.29, 0.717) is 10.9 Å². The quantitative estimate of drug-likeness (QED) is 0.436. The zero-order valence-electron chi connectivity index (χ0n) is 17.7. The Morgan fingerprint density at radius 1 is 1.07 bits per heavy atom. The Morgan fingerprint density at radius 2 is 1.61 bits per heavy atom. The number of hydrogen-bond acceptors (Lipinski definition) is 6. The number of benzene rings is 1. The van der Waals surface area contributed by atoms with Crippen molar-refractivity contribution in [2.75, 3.05) is 6.26 Å². The van der Waals surface area contributed by atoms with E-state index in [1.54, 1.807) is 53.7 Å². The van der Waals surface area contributed by atoms with Crippen molar-refractivity contribution in [2.24, 2.45) is 10.7 Å². The summed E-state index contributed by atoms with van der Waals surface area (Å²) in [7, 11) is 0. The average molecular weight is 410 g/mol. The predicted molar refractivity (Wildman–Crippen MR) is 114 cm³/mol. The first-order valence-electron chi connectivity index (χ1n) is 8.98. The highest BCUT2D eigenvalue weighted by Gasteiger charge is 2.28. The molecule has 0 saturated carbocycles. The van der Waals surface area contributed by atoms with Crippen molar-refractivity contribution in [1.29, 1.82) is 0 Å². The minimum atomic E-state index is -0.875. The van der Waals surface area contributed by atoms with Crippen LogP contribution in [0.4, 0.5) is 10.5 Å². The van der Waals surface area contributed by atoms with Crippen molar-refractivity contribution in [2.45, 2.75) is 65.2 Å². The lowest BCUT2D eigenvalue weighted by molar-refractivity contribution is -0.157. The van der Waals surface area contributed by atoms with Crippen molar-refractivity contribution in [1.82, 2.24) is 5.32 Å². The van der Waals surface area contributed by atoms with E-state index in [1.807, 2.05) is 18.4 Å². The van der Waals surface area contributed by atoms with Crippen molar-refractivity contribution < 1.29 is 19.1 Å². The molecule has 0 spiro atoms. The molecule has 1 amide bonds. The monoisotopic (exact) mass is 409 g/mol. The molecule has 0 aliphatic carbocycles. The van der Waals surface area contributed by atoms with Crippen molar-refractivity contribution >= 4 is 34.7 Å². The van der Waals surface area contributed by atoms with E-state index < -0.39 is 29.3 Å². The van der Waals surface area contributed by atoms with Crippen LogP contribution in [0.25, 0.3) is 0 Å². The van der Waals surface area contributed by atoms with Gasteiger partial charge in [-0.2, -0.15) is 0 Å². The summed E-state index contributed by atoms with van der Waals surface area (Å²) in [5, 5.41) is 3.08. The van der Waals surface area contributed by atoms with Crippen molar-refractivity contribution in [3.63, 3.8) is 0 Å². The van der Waals surface area contributed by atoms with Gasteiger partial charge in [0.05, 0.1) is 5.69 Å². The lowest BCUT2D eigenvalue weighted by Crippen LogP contribution is -2.47. The number of rotatable bonds is 5. The number of amides is 1. The van der Waals surface area contributed by atoms with Gasteiger partial charge in [0, 0.05) is 6.42 Å². The van der Waals surface area contributed by atoms with Gasteiger partial charge in [-0.15, -0.1) is 0 Å². The Bertz CT molecular complexity index is 704. The maximum atomic E-state index is 12.6. The van der Waals surface area contributed by atoms with Gasteiger partial charge < -0.3 is 20.5 Å². The Morgan fingerprint density at radius 3 is 2.07 bits per heavy atom. The fourth-order valence-corrected chi connectivity index (χ4v) is 2.33. The van der Waals surface area contributed by atoms with Crippen LogP contribution >= 0.6 is 11.8 Å². The van der Waals surface area contributed by atoms with Gasteiger partial charge in [-0.25, -0.2) is 14.6 Å². The molecule has 0 bridgehead atoms. The number of amidine groups is 1. The SMILES string of the molecule is CSC(N)=Nc1ccc(CC(NC(=O)OC(C)(C)C)C(=O)OC(C)(C)C)cc1. The molecule has 7 nitrogen and oxygen atoms in total. The van der Waals surface area contributed by atoms with Gasteiger partial charge in [-0.3, -0.25) is 0 Å². The normalized spacial score (nSPS) is 13.6. The second kappa shape index (κ2) is 9.82. The standard InChI is InChI=1S/C20H31N3O4S/c1-19(2,3)26-16(24)15(23-18(25)27-20(4,5)6)12-13-8-10-14(11-9-13)22-17(21)28-7/h8-11,15H,12H2,1-7H3,(H2,21,22)(H,23,25). The fraction of sp³-hybridized carbons (Fsp3) is 0.550. The number of carbonyl (C=O) groups is 2. The van der Waals surface area contributed by atoms with Gasteiger partial charge in [0.1, 0.15) is 17.2 Å². The lowest BCUT2D eigenvalue weighted by atomic mass is 10.1. The maximum absolute atomic E-state index is 12.6. The van der Waals surface area contributed by atoms with Gasteiger partial charge in [0.25, 0.3) is 0 Å². The van der Waals surface area contributed by atoms with Crippen LogP contribution in [-0.4, -0.2) is 40.7 Å². The number of nitrogens with two attached hydrogens (primary N) is 1. The molecule has 8 heteroatoms. The summed E-state index contributed by atoms with van der Waals surface area (Å²) < 4.78 is 10.7. The number of nitrogens with one attached hydrogen (secondary N) is 1. The van der Waals surface area contributed by atoms with Gasteiger partial charge in [0.15, 0.2) is 5.17 Å². The molecule has 0 aliphatic rings. The van der Waals surface area contributed by atoms with Gasteiger partial charge in [-0.1, -0.05) is 23.9 Å². The van der Waals surface area contributed by atoms with Crippen LogP contribution in [-0.2, 0) is 20.7 Å². The molecule has 1 unspecified atom stereocenters. The van der Waals surface area contributed by atoms with Crippen LogP contribution in [0.15, 0.2) is 29.3 Å². The average Bonchev–Trinajstić information content (AvgIpc) is 2.52. The number of hydrogen-bond donors (Lipinski definition) is 2. The molecule has 156 valence electrons. The smallest absolute Gasteiger partial charge is 0.408 e. The first kappa shape index (κ1) is 23.8. The molecule has 0 radical (unpaired) electrons. The summed E-state index contributed by atoms with van der Waals surface area (Å²) >= 11 is 1.36. The molecule has 28 heavy (non-hydrogen) atoms. The molecule has 1 aromatic carbocycles. The lowest BCUT2D eigenvalue weighted by Gasteiger charge is -2.26. The minimum Gasteiger partial charge on any atom is -0.458 e.